The Kier molecular flexibility index (Phi) is 8.64. The van der Waals surface area contributed by atoms with Crippen LogP contribution in [0.25, 0.3) is 0 Å². The fourth-order valence-electron chi connectivity index (χ4n) is 2.79. The molecule has 0 saturated heterocycles. The Hall–Kier alpha value is -2.90. The average Bonchev–Trinajstić information content (AvgIpc) is 3.12. The first-order valence-electron chi connectivity index (χ1n) is 10.1. The molecule has 2 aromatic rings. The second kappa shape index (κ2) is 11.2. The molecule has 8 nitrogen and oxygen atoms in total. The highest BCUT2D eigenvalue weighted by Crippen LogP contribution is 1.99. The van der Waals surface area contributed by atoms with Crippen molar-refractivity contribution in [3.8, 4) is 0 Å². The second-order valence-corrected chi connectivity index (χ2v) is 7.85. The molecule has 0 spiro atoms. The van der Waals surface area contributed by atoms with Crippen molar-refractivity contribution in [2.24, 2.45) is 4.99 Å². The normalized spacial score (nSPS) is 11.9. The number of carbonyl (C=O) groups excluding carboxylic acids is 1. The minimum Gasteiger partial charge on any atom is -0.356 e. The Morgan fingerprint density at radius 3 is 2.55 bits per heavy atom. The van der Waals surface area contributed by atoms with Gasteiger partial charge in [0.25, 0.3) is 0 Å². The third kappa shape index (κ3) is 8.76. The van der Waals surface area contributed by atoms with E-state index in [1.165, 1.54) is 5.56 Å². The highest BCUT2D eigenvalue weighted by molar-refractivity contribution is 5.85. The summed E-state index contributed by atoms with van der Waals surface area (Å²) in [4.78, 5) is 16.6. The number of guanidine groups is 1. The van der Waals surface area contributed by atoms with E-state index < -0.39 is 0 Å². The average molecular weight is 400 g/mol. The molecular weight excluding hydrogens is 366 g/mol. The van der Waals surface area contributed by atoms with Crippen LogP contribution in [-0.4, -0.2) is 51.8 Å². The molecule has 0 fully saturated rings. The van der Waals surface area contributed by atoms with Gasteiger partial charge in [-0.2, -0.15) is 0 Å². The van der Waals surface area contributed by atoms with Crippen LogP contribution in [0, 0.1) is 0 Å². The Bertz CT molecular complexity index is 778. The summed E-state index contributed by atoms with van der Waals surface area (Å²) in [5.41, 5.74) is 0.980. The lowest BCUT2D eigenvalue weighted by atomic mass is 10.1. The number of hydrogen-bond donors (Lipinski definition) is 3. The van der Waals surface area contributed by atoms with Crippen molar-refractivity contribution < 1.29 is 4.79 Å². The van der Waals surface area contributed by atoms with Crippen molar-refractivity contribution >= 4 is 11.9 Å². The number of aromatic nitrogens is 3. The van der Waals surface area contributed by atoms with E-state index in [0.717, 1.165) is 31.8 Å². The number of amides is 1. The summed E-state index contributed by atoms with van der Waals surface area (Å²) in [7, 11) is 0. The van der Waals surface area contributed by atoms with Gasteiger partial charge in [-0.15, -0.1) is 10.2 Å². The van der Waals surface area contributed by atoms with Gasteiger partial charge in [-0.1, -0.05) is 37.3 Å². The predicted octanol–water partition coefficient (Wildman–Crippen LogP) is 1.53. The molecule has 0 radical (unpaired) electrons. The molecule has 0 unspecified atom stereocenters. The SMILES string of the molecule is CCc1nncn1CCNC(=NCC(=O)NC(C)(C)C)NCCc1ccccc1. The van der Waals surface area contributed by atoms with Crippen LogP contribution in [0.15, 0.2) is 41.7 Å². The Labute approximate surface area is 173 Å². The molecule has 1 heterocycles. The number of hydrogen-bond acceptors (Lipinski definition) is 4. The summed E-state index contributed by atoms with van der Waals surface area (Å²) in [6.45, 7) is 10.1. The molecule has 29 heavy (non-hydrogen) atoms. The molecule has 1 aromatic carbocycles. The van der Waals surface area contributed by atoms with Gasteiger partial charge >= 0.3 is 0 Å². The number of nitrogens with one attached hydrogen (secondary N) is 3. The van der Waals surface area contributed by atoms with E-state index in [1.807, 2.05) is 43.5 Å². The van der Waals surface area contributed by atoms with Crippen LogP contribution in [-0.2, 0) is 24.2 Å². The lowest BCUT2D eigenvalue weighted by Gasteiger charge is -2.20. The van der Waals surface area contributed by atoms with Gasteiger partial charge in [0.2, 0.25) is 5.91 Å². The number of rotatable bonds is 9. The molecular formula is C21H33N7O. The Balaban J connectivity index is 1.90. The van der Waals surface area contributed by atoms with Gasteiger partial charge in [-0.05, 0) is 32.8 Å². The lowest BCUT2D eigenvalue weighted by Crippen LogP contribution is -2.44. The fourth-order valence-corrected chi connectivity index (χ4v) is 2.79. The second-order valence-electron chi connectivity index (χ2n) is 7.85. The van der Waals surface area contributed by atoms with Crippen LogP contribution in [0.1, 0.15) is 39.1 Å². The molecule has 0 aliphatic carbocycles. The standard InChI is InChI=1S/C21H33N7O/c1-5-18-27-25-16-28(18)14-13-23-20(24-15-19(29)26-21(2,3)4)22-12-11-17-9-7-6-8-10-17/h6-10,16H,5,11-15H2,1-4H3,(H,26,29)(H2,22,23,24). The van der Waals surface area contributed by atoms with Gasteiger partial charge < -0.3 is 20.5 Å². The van der Waals surface area contributed by atoms with Crippen molar-refractivity contribution in [1.82, 2.24) is 30.7 Å². The van der Waals surface area contributed by atoms with E-state index in [1.54, 1.807) is 6.33 Å². The molecule has 0 aliphatic rings. The van der Waals surface area contributed by atoms with Crippen molar-refractivity contribution in [2.45, 2.75) is 52.6 Å². The minimum absolute atomic E-state index is 0.0742. The predicted molar refractivity (Wildman–Crippen MR) is 116 cm³/mol. The number of aryl methyl sites for hydroxylation is 1. The van der Waals surface area contributed by atoms with Gasteiger partial charge in [-0.3, -0.25) is 4.79 Å². The highest BCUT2D eigenvalue weighted by atomic mass is 16.2. The smallest absolute Gasteiger partial charge is 0.242 e. The van der Waals surface area contributed by atoms with Crippen molar-refractivity contribution in [1.29, 1.82) is 0 Å². The Morgan fingerprint density at radius 2 is 1.86 bits per heavy atom. The molecule has 8 heteroatoms. The summed E-state index contributed by atoms with van der Waals surface area (Å²) < 4.78 is 2.01. The number of aliphatic imine (C=N–C) groups is 1. The fraction of sp³-hybridized carbons (Fsp3) is 0.524. The highest BCUT2D eigenvalue weighted by Gasteiger charge is 2.13. The van der Waals surface area contributed by atoms with Crippen molar-refractivity contribution in [2.75, 3.05) is 19.6 Å². The van der Waals surface area contributed by atoms with Gasteiger partial charge in [0.05, 0.1) is 0 Å². The van der Waals surface area contributed by atoms with E-state index in [0.29, 0.717) is 12.5 Å². The van der Waals surface area contributed by atoms with E-state index in [9.17, 15) is 4.79 Å². The monoisotopic (exact) mass is 399 g/mol. The lowest BCUT2D eigenvalue weighted by molar-refractivity contribution is -0.121. The number of nitrogens with zero attached hydrogens (tertiary/aromatic N) is 4. The molecule has 1 amide bonds. The Morgan fingerprint density at radius 1 is 1.14 bits per heavy atom. The van der Waals surface area contributed by atoms with Crippen LogP contribution in [0.2, 0.25) is 0 Å². The minimum atomic E-state index is -0.272. The van der Waals surface area contributed by atoms with Gasteiger partial charge in [0, 0.05) is 31.6 Å². The van der Waals surface area contributed by atoms with E-state index in [2.05, 4.69) is 50.2 Å². The summed E-state index contributed by atoms with van der Waals surface area (Å²) in [5.74, 6) is 1.47. The maximum atomic E-state index is 12.1. The van der Waals surface area contributed by atoms with Gasteiger partial charge in [0.1, 0.15) is 18.7 Å². The molecule has 0 atom stereocenters. The number of benzene rings is 1. The largest absolute Gasteiger partial charge is 0.356 e. The van der Waals surface area contributed by atoms with Crippen molar-refractivity contribution in [3.63, 3.8) is 0 Å². The van der Waals surface area contributed by atoms with E-state index in [4.69, 9.17) is 0 Å². The zero-order chi connectivity index (χ0) is 21.1. The summed E-state index contributed by atoms with van der Waals surface area (Å²) in [5, 5.41) is 17.6. The maximum Gasteiger partial charge on any atom is 0.242 e. The molecule has 1 aromatic heterocycles. The van der Waals surface area contributed by atoms with E-state index >= 15 is 0 Å². The molecule has 0 bridgehead atoms. The quantitative estimate of drug-likeness (QED) is 0.439. The zero-order valence-corrected chi connectivity index (χ0v) is 17.9. The first-order valence-corrected chi connectivity index (χ1v) is 10.1. The topological polar surface area (TPSA) is 96.2 Å². The summed E-state index contributed by atoms with van der Waals surface area (Å²) in [6, 6.07) is 10.3. The summed E-state index contributed by atoms with van der Waals surface area (Å²) in [6.07, 6.45) is 3.45. The maximum absolute atomic E-state index is 12.1. The third-order valence-corrected chi connectivity index (χ3v) is 4.10. The summed E-state index contributed by atoms with van der Waals surface area (Å²) >= 11 is 0. The molecule has 0 aliphatic heterocycles. The first-order chi connectivity index (χ1) is 13.9. The first kappa shape index (κ1) is 22.4. The van der Waals surface area contributed by atoms with Crippen LogP contribution < -0.4 is 16.0 Å². The van der Waals surface area contributed by atoms with E-state index in [-0.39, 0.29) is 18.0 Å². The van der Waals surface area contributed by atoms with Crippen LogP contribution in [0.4, 0.5) is 0 Å². The molecule has 2 rings (SSSR count). The molecule has 3 N–H and O–H groups in total. The van der Waals surface area contributed by atoms with Gasteiger partial charge in [-0.25, -0.2) is 4.99 Å². The van der Waals surface area contributed by atoms with Crippen LogP contribution in [0.3, 0.4) is 0 Å². The third-order valence-electron chi connectivity index (χ3n) is 4.10. The van der Waals surface area contributed by atoms with Crippen molar-refractivity contribution in [3.05, 3.63) is 48.0 Å². The molecule has 158 valence electrons. The van der Waals surface area contributed by atoms with Gasteiger partial charge in [0.15, 0.2) is 5.96 Å². The van der Waals surface area contributed by atoms with Crippen LogP contribution in [0.5, 0.6) is 0 Å². The zero-order valence-electron chi connectivity index (χ0n) is 17.9. The molecule has 0 saturated carbocycles. The number of carbonyl (C=O) groups is 1. The van der Waals surface area contributed by atoms with Crippen LogP contribution >= 0.6 is 0 Å².